The Morgan fingerprint density at radius 3 is 2.25 bits per heavy atom. The molecule has 16 heavy (non-hydrogen) atoms. The number of aryl methyl sites for hydroxylation is 2. The quantitative estimate of drug-likeness (QED) is 0.858. The van der Waals surface area contributed by atoms with Gasteiger partial charge in [-0.2, -0.15) is 0 Å². The molecule has 0 radical (unpaired) electrons. The molecule has 1 N–H and O–H groups in total. The number of nitrogens with one attached hydrogen (secondary N) is 1. The number of anilines is 2. The van der Waals surface area contributed by atoms with Gasteiger partial charge in [0.1, 0.15) is 0 Å². The zero-order chi connectivity index (χ0) is 11.7. The van der Waals surface area contributed by atoms with Gasteiger partial charge in [-0.3, -0.25) is 0 Å². The number of hydrogen-bond donors (Lipinski definition) is 1. The van der Waals surface area contributed by atoms with Crippen LogP contribution in [0.15, 0.2) is 20.5 Å². The summed E-state index contributed by atoms with van der Waals surface area (Å²) < 4.78 is 1.87. The highest BCUT2D eigenvalue weighted by molar-refractivity contribution is 9.11. The molecular formula is C10H9Br2N3S. The molecule has 0 aliphatic rings. The fourth-order valence-electron chi connectivity index (χ4n) is 1.47. The van der Waals surface area contributed by atoms with Gasteiger partial charge in [0, 0.05) is 10.2 Å². The third kappa shape index (κ3) is 2.61. The summed E-state index contributed by atoms with van der Waals surface area (Å²) in [6.07, 6.45) is 0. The van der Waals surface area contributed by atoms with Crippen molar-refractivity contribution in [3.05, 3.63) is 31.6 Å². The van der Waals surface area contributed by atoms with Crippen LogP contribution in [0.2, 0.25) is 0 Å². The van der Waals surface area contributed by atoms with E-state index in [9.17, 15) is 0 Å². The van der Waals surface area contributed by atoms with Crippen molar-refractivity contribution in [3.8, 4) is 0 Å². The van der Waals surface area contributed by atoms with E-state index in [2.05, 4.69) is 73.4 Å². The minimum atomic E-state index is 0.780. The number of hydrogen-bond acceptors (Lipinski definition) is 4. The Labute approximate surface area is 115 Å². The van der Waals surface area contributed by atoms with E-state index in [-0.39, 0.29) is 0 Å². The predicted octanol–water partition coefficient (Wildman–Crippen LogP) is 4.42. The lowest BCUT2D eigenvalue weighted by molar-refractivity contribution is 1.07. The molecule has 0 saturated carbocycles. The monoisotopic (exact) mass is 361 g/mol. The lowest BCUT2D eigenvalue weighted by Gasteiger charge is -2.10. The second-order valence-corrected chi connectivity index (χ2v) is 6.57. The van der Waals surface area contributed by atoms with E-state index in [0.717, 1.165) is 19.2 Å². The molecule has 0 bridgehead atoms. The predicted molar refractivity (Wildman–Crippen MR) is 74.5 cm³/mol. The molecule has 0 saturated heterocycles. The van der Waals surface area contributed by atoms with Gasteiger partial charge >= 0.3 is 0 Å². The number of rotatable bonds is 2. The normalized spacial score (nSPS) is 10.5. The molecule has 6 heteroatoms. The average molecular weight is 363 g/mol. The minimum absolute atomic E-state index is 0.780. The molecule has 1 aromatic heterocycles. The number of halogens is 2. The van der Waals surface area contributed by atoms with E-state index in [1.807, 2.05) is 0 Å². The Morgan fingerprint density at radius 2 is 1.75 bits per heavy atom. The summed E-state index contributed by atoms with van der Waals surface area (Å²) in [4.78, 5) is 0. The van der Waals surface area contributed by atoms with Crippen molar-refractivity contribution in [2.45, 2.75) is 13.8 Å². The average Bonchev–Trinajstić information content (AvgIpc) is 2.58. The van der Waals surface area contributed by atoms with Crippen molar-refractivity contribution in [1.82, 2.24) is 10.2 Å². The third-order valence-corrected chi connectivity index (χ3v) is 3.86. The second-order valence-electron chi connectivity index (χ2n) is 3.40. The Bertz CT molecular complexity index is 502. The first-order valence-corrected chi connectivity index (χ1v) is 6.99. The first kappa shape index (κ1) is 12.0. The Hall–Kier alpha value is -0.460. The molecule has 0 aliphatic carbocycles. The highest BCUT2D eigenvalue weighted by Crippen LogP contribution is 2.30. The van der Waals surface area contributed by atoms with Gasteiger partial charge in [-0.15, -0.1) is 10.2 Å². The van der Waals surface area contributed by atoms with Crippen LogP contribution in [-0.4, -0.2) is 10.2 Å². The van der Waals surface area contributed by atoms with Crippen LogP contribution in [-0.2, 0) is 0 Å². The van der Waals surface area contributed by atoms with E-state index in [4.69, 9.17) is 0 Å². The van der Waals surface area contributed by atoms with Crippen LogP contribution in [0.4, 0.5) is 10.8 Å². The number of aromatic nitrogens is 2. The third-order valence-electron chi connectivity index (χ3n) is 2.13. The van der Waals surface area contributed by atoms with Gasteiger partial charge in [0.25, 0.3) is 0 Å². The van der Waals surface area contributed by atoms with Gasteiger partial charge in [0.15, 0.2) is 3.92 Å². The molecule has 0 amide bonds. The molecule has 2 rings (SSSR count). The fourth-order valence-corrected chi connectivity index (χ4v) is 3.17. The Morgan fingerprint density at radius 1 is 1.12 bits per heavy atom. The van der Waals surface area contributed by atoms with Crippen molar-refractivity contribution in [3.63, 3.8) is 0 Å². The maximum Gasteiger partial charge on any atom is 0.210 e. The topological polar surface area (TPSA) is 37.8 Å². The van der Waals surface area contributed by atoms with Crippen molar-refractivity contribution >= 4 is 54.0 Å². The van der Waals surface area contributed by atoms with Crippen LogP contribution in [0.3, 0.4) is 0 Å². The summed E-state index contributed by atoms with van der Waals surface area (Å²) in [6.45, 7) is 4.13. The highest BCUT2D eigenvalue weighted by atomic mass is 79.9. The maximum atomic E-state index is 4.01. The molecule has 0 aliphatic heterocycles. The maximum absolute atomic E-state index is 4.01. The summed E-state index contributed by atoms with van der Waals surface area (Å²) in [7, 11) is 0. The van der Waals surface area contributed by atoms with Crippen molar-refractivity contribution in [1.29, 1.82) is 0 Å². The standard InChI is InChI=1S/C10H9Br2N3S/c1-5-3-7(11)4-6(2)8(5)13-10-15-14-9(12)16-10/h3-4H,1-2H3,(H,13,15). The number of nitrogens with zero attached hydrogens (tertiary/aromatic N) is 2. The van der Waals surface area contributed by atoms with Gasteiger partial charge in [-0.05, 0) is 53.0 Å². The van der Waals surface area contributed by atoms with Crippen LogP contribution < -0.4 is 5.32 Å². The van der Waals surface area contributed by atoms with Crippen molar-refractivity contribution in [2.75, 3.05) is 5.32 Å². The van der Waals surface area contributed by atoms with E-state index < -0.39 is 0 Å². The van der Waals surface area contributed by atoms with Crippen molar-refractivity contribution in [2.24, 2.45) is 0 Å². The molecule has 0 fully saturated rings. The lowest BCUT2D eigenvalue weighted by atomic mass is 10.1. The fraction of sp³-hybridized carbons (Fsp3) is 0.200. The van der Waals surface area contributed by atoms with Crippen LogP contribution >= 0.6 is 43.2 Å². The largest absolute Gasteiger partial charge is 0.330 e. The summed E-state index contributed by atoms with van der Waals surface area (Å²) in [5, 5.41) is 12.0. The molecule has 84 valence electrons. The summed E-state index contributed by atoms with van der Waals surface area (Å²) in [5.41, 5.74) is 3.45. The van der Waals surface area contributed by atoms with Gasteiger partial charge in [-0.25, -0.2) is 0 Å². The first-order valence-electron chi connectivity index (χ1n) is 4.59. The smallest absolute Gasteiger partial charge is 0.210 e. The number of benzene rings is 1. The molecule has 1 heterocycles. The zero-order valence-electron chi connectivity index (χ0n) is 8.71. The molecule has 0 spiro atoms. The Balaban J connectivity index is 2.34. The molecule has 0 atom stereocenters. The molecule has 2 aromatic rings. The van der Waals surface area contributed by atoms with Gasteiger partial charge < -0.3 is 5.32 Å². The molecule has 3 nitrogen and oxygen atoms in total. The van der Waals surface area contributed by atoms with Crippen LogP contribution in [0.1, 0.15) is 11.1 Å². The van der Waals surface area contributed by atoms with Crippen molar-refractivity contribution < 1.29 is 0 Å². The van der Waals surface area contributed by atoms with Crippen LogP contribution in [0.5, 0.6) is 0 Å². The summed E-state index contributed by atoms with van der Waals surface area (Å²) in [5.74, 6) is 0. The van der Waals surface area contributed by atoms with E-state index in [0.29, 0.717) is 0 Å². The summed E-state index contributed by atoms with van der Waals surface area (Å²) in [6, 6.07) is 4.15. The molecule has 0 unspecified atom stereocenters. The lowest BCUT2D eigenvalue weighted by Crippen LogP contribution is -1.95. The highest BCUT2D eigenvalue weighted by Gasteiger charge is 2.07. The second kappa shape index (κ2) is 4.81. The van der Waals surface area contributed by atoms with Gasteiger partial charge in [0.05, 0.1) is 0 Å². The van der Waals surface area contributed by atoms with Crippen LogP contribution in [0, 0.1) is 13.8 Å². The molecular weight excluding hydrogens is 354 g/mol. The SMILES string of the molecule is Cc1cc(Br)cc(C)c1Nc1nnc(Br)s1. The van der Waals surface area contributed by atoms with Gasteiger partial charge in [-0.1, -0.05) is 27.3 Å². The Kier molecular flexibility index (Phi) is 3.61. The molecule has 1 aromatic carbocycles. The first-order chi connectivity index (χ1) is 7.56. The van der Waals surface area contributed by atoms with E-state index >= 15 is 0 Å². The van der Waals surface area contributed by atoms with Crippen LogP contribution in [0.25, 0.3) is 0 Å². The summed E-state index contributed by atoms with van der Waals surface area (Å²) >= 11 is 8.24. The minimum Gasteiger partial charge on any atom is -0.330 e. The van der Waals surface area contributed by atoms with E-state index in [1.165, 1.54) is 22.5 Å². The zero-order valence-corrected chi connectivity index (χ0v) is 12.7. The van der Waals surface area contributed by atoms with Gasteiger partial charge in [0.2, 0.25) is 5.13 Å². The van der Waals surface area contributed by atoms with E-state index in [1.54, 1.807) is 0 Å².